The van der Waals surface area contributed by atoms with Crippen LogP contribution in [0.1, 0.15) is 19.4 Å². The number of benzene rings is 1. The fourth-order valence-electron chi connectivity index (χ4n) is 2.59. The molecule has 1 saturated heterocycles. The van der Waals surface area contributed by atoms with Gasteiger partial charge in [0.1, 0.15) is 0 Å². The van der Waals surface area contributed by atoms with Gasteiger partial charge in [-0.05, 0) is 32.4 Å². The fraction of sp³-hybridized carbons (Fsp3) is 0.600. The van der Waals surface area contributed by atoms with Crippen LogP contribution >= 0.6 is 0 Å². The van der Waals surface area contributed by atoms with E-state index in [0.717, 1.165) is 26.2 Å². The van der Waals surface area contributed by atoms with E-state index < -0.39 is 0 Å². The second-order valence-electron chi connectivity index (χ2n) is 5.26. The monoisotopic (exact) mass is 248 g/mol. The van der Waals surface area contributed by atoms with Gasteiger partial charge in [-0.25, -0.2) is 0 Å². The maximum Gasteiger partial charge on any atom is 0.0678 e. The lowest BCUT2D eigenvalue weighted by molar-refractivity contribution is -0.0667. The lowest BCUT2D eigenvalue weighted by atomic mass is 10.2. The zero-order valence-electron chi connectivity index (χ0n) is 11.6. The Bertz CT molecular complexity index is 371. The summed E-state index contributed by atoms with van der Waals surface area (Å²) in [5.74, 6) is 0. The summed E-state index contributed by atoms with van der Waals surface area (Å²) in [5, 5.41) is 3.51. The minimum absolute atomic E-state index is 0.354. The largest absolute Gasteiger partial charge is 0.384 e. The number of morpholine rings is 1. The molecule has 3 heteroatoms. The predicted molar refractivity (Wildman–Crippen MR) is 76.1 cm³/mol. The van der Waals surface area contributed by atoms with Crippen molar-refractivity contribution in [2.45, 2.75) is 33.0 Å². The SMILES string of the molecule is Cc1ccccc1NCCN1CC(C)OC(C)C1. The van der Waals surface area contributed by atoms with Gasteiger partial charge in [0.15, 0.2) is 0 Å². The first-order valence-electron chi connectivity index (χ1n) is 6.82. The maximum atomic E-state index is 5.74. The van der Waals surface area contributed by atoms with E-state index >= 15 is 0 Å². The van der Waals surface area contributed by atoms with E-state index in [9.17, 15) is 0 Å². The first kappa shape index (κ1) is 13.4. The Morgan fingerprint density at radius 1 is 1.22 bits per heavy atom. The molecule has 0 aliphatic carbocycles. The third kappa shape index (κ3) is 3.72. The van der Waals surface area contributed by atoms with Gasteiger partial charge in [0, 0.05) is 31.9 Å². The molecular weight excluding hydrogens is 224 g/mol. The zero-order valence-corrected chi connectivity index (χ0v) is 11.6. The van der Waals surface area contributed by atoms with E-state index in [-0.39, 0.29) is 0 Å². The summed E-state index contributed by atoms with van der Waals surface area (Å²) in [6.07, 6.45) is 0.708. The topological polar surface area (TPSA) is 24.5 Å². The van der Waals surface area contributed by atoms with Gasteiger partial charge in [-0.15, -0.1) is 0 Å². The van der Waals surface area contributed by atoms with Crippen LogP contribution in [0.25, 0.3) is 0 Å². The average molecular weight is 248 g/mol. The van der Waals surface area contributed by atoms with Gasteiger partial charge in [-0.3, -0.25) is 4.90 Å². The molecule has 18 heavy (non-hydrogen) atoms. The first-order valence-corrected chi connectivity index (χ1v) is 6.82. The van der Waals surface area contributed by atoms with Crippen molar-refractivity contribution in [2.24, 2.45) is 0 Å². The summed E-state index contributed by atoms with van der Waals surface area (Å²) in [4.78, 5) is 2.48. The minimum atomic E-state index is 0.354. The molecule has 0 saturated carbocycles. The molecular formula is C15H24N2O. The third-order valence-electron chi connectivity index (χ3n) is 3.38. The van der Waals surface area contributed by atoms with Gasteiger partial charge in [0.2, 0.25) is 0 Å². The van der Waals surface area contributed by atoms with Crippen molar-refractivity contribution in [3.05, 3.63) is 29.8 Å². The molecule has 0 radical (unpaired) electrons. The molecule has 0 aromatic heterocycles. The van der Waals surface area contributed by atoms with E-state index in [1.165, 1.54) is 11.3 Å². The molecule has 1 heterocycles. The number of anilines is 1. The van der Waals surface area contributed by atoms with Crippen LogP contribution in [0.2, 0.25) is 0 Å². The molecule has 1 aromatic carbocycles. The first-order chi connectivity index (χ1) is 8.65. The smallest absolute Gasteiger partial charge is 0.0678 e. The Morgan fingerprint density at radius 3 is 2.56 bits per heavy atom. The molecule has 100 valence electrons. The van der Waals surface area contributed by atoms with E-state index in [2.05, 4.69) is 55.3 Å². The van der Waals surface area contributed by atoms with Crippen molar-refractivity contribution in [1.29, 1.82) is 0 Å². The highest BCUT2D eigenvalue weighted by molar-refractivity contribution is 5.50. The normalized spacial score (nSPS) is 25.1. The molecule has 0 bridgehead atoms. The van der Waals surface area contributed by atoms with Gasteiger partial charge in [-0.1, -0.05) is 18.2 Å². The maximum absolute atomic E-state index is 5.74. The van der Waals surface area contributed by atoms with Crippen molar-refractivity contribution >= 4 is 5.69 Å². The van der Waals surface area contributed by atoms with Crippen LogP contribution in [0.15, 0.2) is 24.3 Å². The summed E-state index contributed by atoms with van der Waals surface area (Å²) in [6, 6.07) is 8.43. The standard InChI is InChI=1S/C15H24N2O/c1-12-6-4-5-7-15(12)16-8-9-17-10-13(2)18-14(3)11-17/h4-7,13-14,16H,8-11H2,1-3H3. The summed E-state index contributed by atoms with van der Waals surface area (Å²) in [7, 11) is 0. The van der Waals surface area contributed by atoms with Crippen molar-refractivity contribution in [1.82, 2.24) is 4.90 Å². The van der Waals surface area contributed by atoms with Gasteiger partial charge in [-0.2, -0.15) is 0 Å². The van der Waals surface area contributed by atoms with Crippen LogP contribution in [0.3, 0.4) is 0 Å². The third-order valence-corrected chi connectivity index (χ3v) is 3.38. The summed E-state index contributed by atoms with van der Waals surface area (Å²) in [5.41, 5.74) is 2.55. The number of nitrogens with zero attached hydrogens (tertiary/aromatic N) is 1. The summed E-state index contributed by atoms with van der Waals surface area (Å²) < 4.78 is 5.74. The minimum Gasteiger partial charge on any atom is -0.384 e. The average Bonchev–Trinajstić information content (AvgIpc) is 2.30. The van der Waals surface area contributed by atoms with Crippen LogP contribution in [0.5, 0.6) is 0 Å². The Labute approximate surface area is 110 Å². The Kier molecular flexibility index (Phi) is 4.61. The lowest BCUT2D eigenvalue weighted by Gasteiger charge is -2.35. The van der Waals surface area contributed by atoms with Crippen molar-refractivity contribution in [3.8, 4) is 0 Å². The highest BCUT2D eigenvalue weighted by atomic mass is 16.5. The van der Waals surface area contributed by atoms with Crippen molar-refractivity contribution in [3.63, 3.8) is 0 Å². The second kappa shape index (κ2) is 6.21. The van der Waals surface area contributed by atoms with Gasteiger partial charge in [0.25, 0.3) is 0 Å². The quantitative estimate of drug-likeness (QED) is 0.886. The molecule has 1 fully saturated rings. The van der Waals surface area contributed by atoms with Crippen LogP contribution in [-0.2, 0) is 4.74 Å². The van der Waals surface area contributed by atoms with Crippen molar-refractivity contribution < 1.29 is 4.74 Å². The molecule has 1 N–H and O–H groups in total. The van der Waals surface area contributed by atoms with Crippen LogP contribution < -0.4 is 5.32 Å². The highest BCUT2D eigenvalue weighted by Crippen LogP contribution is 2.13. The van der Waals surface area contributed by atoms with Gasteiger partial charge >= 0.3 is 0 Å². The number of aryl methyl sites for hydroxylation is 1. The summed E-state index contributed by atoms with van der Waals surface area (Å²) in [6.45, 7) is 10.6. The Balaban J connectivity index is 1.77. The van der Waals surface area contributed by atoms with Crippen LogP contribution in [-0.4, -0.2) is 43.3 Å². The van der Waals surface area contributed by atoms with Gasteiger partial charge < -0.3 is 10.1 Å². The molecule has 0 amide bonds. The molecule has 0 spiro atoms. The number of ether oxygens (including phenoxy) is 1. The van der Waals surface area contributed by atoms with E-state index in [1.807, 2.05) is 0 Å². The van der Waals surface area contributed by atoms with Crippen LogP contribution in [0.4, 0.5) is 5.69 Å². The molecule has 1 aromatic rings. The highest BCUT2D eigenvalue weighted by Gasteiger charge is 2.21. The second-order valence-corrected chi connectivity index (χ2v) is 5.26. The van der Waals surface area contributed by atoms with Crippen molar-refractivity contribution in [2.75, 3.05) is 31.5 Å². The molecule has 1 aliphatic rings. The number of para-hydroxylation sites is 1. The lowest BCUT2D eigenvalue weighted by Crippen LogP contribution is -2.46. The Hall–Kier alpha value is -1.06. The van der Waals surface area contributed by atoms with Gasteiger partial charge in [0.05, 0.1) is 12.2 Å². The van der Waals surface area contributed by atoms with E-state index in [4.69, 9.17) is 4.74 Å². The molecule has 1 aliphatic heterocycles. The fourth-order valence-corrected chi connectivity index (χ4v) is 2.59. The number of nitrogens with one attached hydrogen (secondary N) is 1. The number of rotatable bonds is 4. The number of hydrogen-bond acceptors (Lipinski definition) is 3. The molecule has 2 unspecified atom stereocenters. The van der Waals surface area contributed by atoms with E-state index in [0.29, 0.717) is 12.2 Å². The molecule has 3 nitrogen and oxygen atoms in total. The molecule has 2 atom stereocenters. The van der Waals surface area contributed by atoms with E-state index in [1.54, 1.807) is 0 Å². The number of hydrogen-bond donors (Lipinski definition) is 1. The Morgan fingerprint density at radius 2 is 1.89 bits per heavy atom. The zero-order chi connectivity index (χ0) is 13.0. The predicted octanol–water partition coefficient (Wildman–Crippen LogP) is 2.52. The van der Waals surface area contributed by atoms with Crippen LogP contribution in [0, 0.1) is 6.92 Å². The molecule has 2 rings (SSSR count). The summed E-state index contributed by atoms with van der Waals surface area (Å²) >= 11 is 0.